The van der Waals surface area contributed by atoms with E-state index in [-0.39, 0.29) is 5.91 Å². The third kappa shape index (κ3) is 4.20. The number of fused-ring (bicyclic) bond motifs is 1. The van der Waals surface area contributed by atoms with Gasteiger partial charge >= 0.3 is 0 Å². The van der Waals surface area contributed by atoms with Gasteiger partial charge in [-0.3, -0.25) is 4.79 Å². The molecule has 1 amide bonds. The zero-order valence-corrected chi connectivity index (χ0v) is 18.1. The second kappa shape index (κ2) is 8.50. The van der Waals surface area contributed by atoms with E-state index < -0.39 is 0 Å². The smallest absolute Gasteiger partial charge is 0.257 e. The molecule has 1 heterocycles. The van der Waals surface area contributed by atoms with Gasteiger partial charge in [0, 0.05) is 16.3 Å². The molecular formula is C24H20Cl2N2O2. The summed E-state index contributed by atoms with van der Waals surface area (Å²) >= 11 is 12.0. The Labute approximate surface area is 184 Å². The molecule has 4 nitrogen and oxygen atoms in total. The van der Waals surface area contributed by atoms with Crippen molar-refractivity contribution in [2.24, 2.45) is 0 Å². The lowest BCUT2D eigenvalue weighted by atomic mass is 9.98. The van der Waals surface area contributed by atoms with Crippen LogP contribution in [0.2, 0.25) is 10.0 Å². The van der Waals surface area contributed by atoms with Crippen LogP contribution in [-0.2, 0) is 0 Å². The van der Waals surface area contributed by atoms with E-state index in [0.29, 0.717) is 33.1 Å². The van der Waals surface area contributed by atoms with Gasteiger partial charge in [-0.25, -0.2) is 4.98 Å². The van der Waals surface area contributed by atoms with E-state index in [4.69, 9.17) is 27.6 Å². The Morgan fingerprint density at radius 3 is 2.53 bits per heavy atom. The van der Waals surface area contributed by atoms with Crippen molar-refractivity contribution in [1.82, 2.24) is 4.98 Å². The Hall–Kier alpha value is -2.82. The highest BCUT2D eigenvalue weighted by molar-refractivity contribution is 6.37. The Bertz CT molecular complexity index is 1220. The normalized spacial score (nSPS) is 12.1. The van der Waals surface area contributed by atoms with E-state index in [1.807, 2.05) is 18.2 Å². The van der Waals surface area contributed by atoms with Crippen LogP contribution in [0.5, 0.6) is 0 Å². The van der Waals surface area contributed by atoms with Crippen molar-refractivity contribution in [2.75, 3.05) is 5.32 Å². The molecule has 0 aliphatic carbocycles. The SMILES string of the molecule is CC[C@@H](C)c1ccc2oc(-c3ccc(NC(=O)c4ccc(Cl)cc4Cl)cc3)nc2c1. The van der Waals surface area contributed by atoms with Crippen LogP contribution in [0.15, 0.2) is 65.1 Å². The molecular weight excluding hydrogens is 419 g/mol. The first kappa shape index (κ1) is 20.5. The molecule has 152 valence electrons. The highest BCUT2D eigenvalue weighted by Crippen LogP contribution is 2.29. The van der Waals surface area contributed by atoms with Crippen molar-refractivity contribution >= 4 is 45.9 Å². The second-order valence-corrected chi connectivity index (χ2v) is 8.05. The van der Waals surface area contributed by atoms with Crippen LogP contribution in [-0.4, -0.2) is 10.9 Å². The first-order valence-corrected chi connectivity index (χ1v) is 10.5. The molecule has 0 fully saturated rings. The second-order valence-electron chi connectivity index (χ2n) is 7.21. The minimum Gasteiger partial charge on any atom is -0.436 e. The van der Waals surface area contributed by atoms with Gasteiger partial charge in [0.05, 0.1) is 10.6 Å². The number of anilines is 1. The van der Waals surface area contributed by atoms with E-state index in [1.165, 1.54) is 5.56 Å². The molecule has 3 aromatic carbocycles. The van der Waals surface area contributed by atoms with Crippen molar-refractivity contribution in [3.63, 3.8) is 0 Å². The van der Waals surface area contributed by atoms with Crippen molar-refractivity contribution in [3.8, 4) is 11.5 Å². The Kier molecular flexibility index (Phi) is 5.80. The lowest BCUT2D eigenvalue weighted by molar-refractivity contribution is 0.102. The minimum atomic E-state index is -0.302. The number of halogens is 2. The number of carbonyl (C=O) groups is 1. The molecule has 0 bridgehead atoms. The standard InChI is InChI=1S/C24H20Cl2N2O2/c1-3-14(2)16-6-11-22-21(12-16)28-24(30-22)15-4-8-18(9-5-15)27-23(29)19-10-7-17(25)13-20(19)26/h4-14H,3H2,1-2H3,(H,27,29)/t14-/m1/s1. The van der Waals surface area contributed by atoms with Gasteiger partial charge in [-0.1, -0.05) is 43.1 Å². The summed E-state index contributed by atoms with van der Waals surface area (Å²) in [5, 5.41) is 3.62. The topological polar surface area (TPSA) is 55.1 Å². The maximum atomic E-state index is 12.5. The van der Waals surface area contributed by atoms with Crippen LogP contribution in [0.3, 0.4) is 0 Å². The van der Waals surface area contributed by atoms with Gasteiger partial charge in [0.2, 0.25) is 5.89 Å². The fourth-order valence-electron chi connectivity index (χ4n) is 3.18. The molecule has 6 heteroatoms. The zero-order valence-electron chi connectivity index (χ0n) is 16.6. The molecule has 1 N–H and O–H groups in total. The van der Waals surface area contributed by atoms with Crippen LogP contribution >= 0.6 is 23.2 Å². The lowest BCUT2D eigenvalue weighted by Crippen LogP contribution is -2.12. The molecule has 0 radical (unpaired) electrons. The number of nitrogens with zero attached hydrogens (tertiary/aromatic N) is 1. The predicted molar refractivity (Wildman–Crippen MR) is 123 cm³/mol. The van der Waals surface area contributed by atoms with E-state index in [1.54, 1.807) is 30.3 Å². The maximum Gasteiger partial charge on any atom is 0.257 e. The number of aromatic nitrogens is 1. The number of hydrogen-bond acceptors (Lipinski definition) is 3. The van der Waals surface area contributed by atoms with E-state index in [2.05, 4.69) is 36.3 Å². The maximum absolute atomic E-state index is 12.5. The largest absolute Gasteiger partial charge is 0.436 e. The van der Waals surface area contributed by atoms with Crippen molar-refractivity contribution in [1.29, 1.82) is 0 Å². The summed E-state index contributed by atoms with van der Waals surface area (Å²) in [5.41, 5.74) is 4.69. The Balaban J connectivity index is 1.53. The third-order valence-corrected chi connectivity index (χ3v) is 5.71. The van der Waals surface area contributed by atoms with Crippen LogP contribution in [0.1, 0.15) is 42.1 Å². The molecule has 1 atom stereocenters. The van der Waals surface area contributed by atoms with Crippen LogP contribution < -0.4 is 5.32 Å². The summed E-state index contributed by atoms with van der Waals surface area (Å²) in [6.45, 7) is 4.37. The number of hydrogen-bond donors (Lipinski definition) is 1. The monoisotopic (exact) mass is 438 g/mol. The molecule has 4 rings (SSSR count). The molecule has 30 heavy (non-hydrogen) atoms. The molecule has 0 aliphatic rings. The zero-order chi connectivity index (χ0) is 21.3. The summed E-state index contributed by atoms with van der Waals surface area (Å²) in [4.78, 5) is 17.1. The van der Waals surface area contributed by atoms with Crippen molar-refractivity contribution in [3.05, 3.63) is 81.8 Å². The fraction of sp³-hybridized carbons (Fsp3) is 0.167. The third-order valence-electron chi connectivity index (χ3n) is 5.16. The summed E-state index contributed by atoms with van der Waals surface area (Å²) in [6.07, 6.45) is 1.07. The van der Waals surface area contributed by atoms with Crippen LogP contribution in [0.25, 0.3) is 22.6 Å². The van der Waals surface area contributed by atoms with Crippen LogP contribution in [0.4, 0.5) is 5.69 Å². The molecule has 0 unspecified atom stereocenters. The van der Waals surface area contributed by atoms with Gasteiger partial charge < -0.3 is 9.73 Å². The van der Waals surface area contributed by atoms with Gasteiger partial charge in [-0.05, 0) is 72.5 Å². The number of nitrogens with one attached hydrogen (secondary N) is 1. The highest BCUT2D eigenvalue weighted by Gasteiger charge is 2.13. The molecule has 4 aromatic rings. The van der Waals surface area contributed by atoms with E-state index in [9.17, 15) is 4.79 Å². The number of oxazole rings is 1. The van der Waals surface area contributed by atoms with Gasteiger partial charge in [-0.2, -0.15) is 0 Å². The summed E-state index contributed by atoms with van der Waals surface area (Å²) in [7, 11) is 0. The average molecular weight is 439 g/mol. The number of benzene rings is 3. The lowest BCUT2D eigenvalue weighted by Gasteiger charge is -2.07. The first-order chi connectivity index (χ1) is 14.4. The highest BCUT2D eigenvalue weighted by atomic mass is 35.5. The molecule has 1 aromatic heterocycles. The Morgan fingerprint density at radius 2 is 1.83 bits per heavy atom. The average Bonchev–Trinajstić information content (AvgIpc) is 3.17. The van der Waals surface area contributed by atoms with Crippen molar-refractivity contribution < 1.29 is 9.21 Å². The first-order valence-electron chi connectivity index (χ1n) is 9.72. The van der Waals surface area contributed by atoms with Gasteiger partial charge in [0.15, 0.2) is 5.58 Å². The number of carbonyl (C=O) groups excluding carboxylic acids is 1. The predicted octanol–water partition coefficient (Wildman–Crippen LogP) is 7.57. The van der Waals surface area contributed by atoms with Crippen molar-refractivity contribution in [2.45, 2.75) is 26.2 Å². The minimum absolute atomic E-state index is 0.302. The summed E-state index contributed by atoms with van der Waals surface area (Å²) in [5.74, 6) is 0.723. The van der Waals surface area contributed by atoms with Gasteiger partial charge in [0.25, 0.3) is 5.91 Å². The molecule has 0 saturated carbocycles. The van der Waals surface area contributed by atoms with E-state index >= 15 is 0 Å². The van der Waals surface area contributed by atoms with Crippen LogP contribution in [0, 0.1) is 0 Å². The molecule has 0 aliphatic heterocycles. The number of rotatable bonds is 5. The van der Waals surface area contributed by atoms with E-state index in [0.717, 1.165) is 23.1 Å². The van der Waals surface area contributed by atoms with Gasteiger partial charge in [-0.15, -0.1) is 0 Å². The molecule has 0 saturated heterocycles. The Morgan fingerprint density at radius 1 is 1.07 bits per heavy atom. The van der Waals surface area contributed by atoms with Gasteiger partial charge in [0.1, 0.15) is 5.52 Å². The number of amides is 1. The molecule has 0 spiro atoms. The summed E-state index contributed by atoms with van der Waals surface area (Å²) < 4.78 is 5.91. The fourth-order valence-corrected chi connectivity index (χ4v) is 3.67. The quantitative estimate of drug-likeness (QED) is 0.349. The summed E-state index contributed by atoms with van der Waals surface area (Å²) in [6, 6.07) is 18.2.